The number of piperazine rings is 1. The molecule has 1 saturated heterocycles. The molecule has 0 bridgehead atoms. The van der Waals surface area contributed by atoms with Gasteiger partial charge in [-0.15, -0.1) is 22.7 Å². The van der Waals surface area contributed by atoms with Gasteiger partial charge in [-0.2, -0.15) is 0 Å². The summed E-state index contributed by atoms with van der Waals surface area (Å²) < 4.78 is 5.78. The predicted molar refractivity (Wildman–Crippen MR) is 110 cm³/mol. The maximum absolute atomic E-state index is 12.5. The summed E-state index contributed by atoms with van der Waals surface area (Å²) in [4.78, 5) is 44.9. The Morgan fingerprint density at radius 3 is 2.61 bits per heavy atom. The van der Waals surface area contributed by atoms with E-state index in [0.717, 1.165) is 9.22 Å². The number of thiazole rings is 1. The van der Waals surface area contributed by atoms with Crippen LogP contribution in [-0.4, -0.2) is 71.1 Å². The Hall–Kier alpha value is -1.91. The molecule has 1 aliphatic rings. The van der Waals surface area contributed by atoms with Crippen LogP contribution in [0.25, 0.3) is 0 Å². The van der Waals surface area contributed by atoms with E-state index in [1.54, 1.807) is 16.7 Å². The minimum absolute atomic E-state index is 0.0000193. The lowest BCUT2D eigenvalue weighted by Gasteiger charge is -2.34. The molecule has 10 heteroatoms. The summed E-state index contributed by atoms with van der Waals surface area (Å²) in [6.07, 6.45) is -0.0946. The fraction of sp³-hybridized carbons (Fsp3) is 0.444. The van der Waals surface area contributed by atoms with Crippen LogP contribution in [0.3, 0.4) is 0 Å². The topological polar surface area (TPSA) is 79.8 Å². The molecule has 0 radical (unpaired) electrons. The molecule has 2 amide bonds. The number of ether oxygens (including phenoxy) is 1. The Morgan fingerprint density at radius 2 is 1.93 bits per heavy atom. The van der Waals surface area contributed by atoms with Gasteiger partial charge in [0.15, 0.2) is 10.1 Å². The number of thioether (sulfide) groups is 1. The van der Waals surface area contributed by atoms with Gasteiger partial charge >= 0.3 is 6.09 Å². The summed E-state index contributed by atoms with van der Waals surface area (Å²) in [5, 5.41) is 3.75. The van der Waals surface area contributed by atoms with Gasteiger partial charge in [-0.05, 0) is 18.4 Å². The number of thiophene rings is 1. The number of ketones is 1. The van der Waals surface area contributed by atoms with E-state index in [1.165, 1.54) is 34.4 Å². The molecule has 3 heterocycles. The van der Waals surface area contributed by atoms with Gasteiger partial charge in [0.2, 0.25) is 5.91 Å². The van der Waals surface area contributed by atoms with Crippen LogP contribution in [0.2, 0.25) is 0 Å². The molecular weight excluding hydrogens is 418 g/mol. The lowest BCUT2D eigenvalue weighted by Crippen LogP contribution is -2.51. The molecule has 150 valence electrons. The number of Topliss-reactive ketones (excluding diaryl/α,β-unsaturated/α-hetero) is 1. The van der Waals surface area contributed by atoms with Gasteiger partial charge in [0.05, 0.1) is 29.4 Å². The molecule has 2 aromatic rings. The van der Waals surface area contributed by atoms with Crippen molar-refractivity contribution in [1.29, 1.82) is 0 Å². The zero-order chi connectivity index (χ0) is 19.9. The highest BCUT2D eigenvalue weighted by Gasteiger charge is 2.25. The van der Waals surface area contributed by atoms with E-state index >= 15 is 0 Å². The van der Waals surface area contributed by atoms with Crippen molar-refractivity contribution in [2.24, 2.45) is 0 Å². The first-order valence-electron chi connectivity index (χ1n) is 8.90. The minimum Gasteiger partial charge on any atom is -0.450 e. The molecule has 0 aliphatic carbocycles. The number of hydrogen-bond donors (Lipinski definition) is 0. The Balaban J connectivity index is 1.44. The monoisotopic (exact) mass is 439 g/mol. The number of carbonyl (C=O) groups excluding carboxylic acids is 3. The van der Waals surface area contributed by atoms with Gasteiger partial charge in [-0.1, -0.05) is 17.8 Å². The molecule has 28 heavy (non-hydrogen) atoms. The third-order valence-electron chi connectivity index (χ3n) is 4.14. The van der Waals surface area contributed by atoms with Crippen LogP contribution in [0.15, 0.2) is 27.2 Å². The number of aromatic nitrogens is 1. The highest BCUT2D eigenvalue weighted by Crippen LogP contribution is 2.25. The standard InChI is InChI=1S/C18H21N3O4S3/c1-2-25-18(24)21-7-5-20(6-8-21)16(23)10-13-11-27-17(19-13)28-12-14(22)15-4-3-9-26-15/h3-4,9,11H,2,5-8,10,12H2,1H3. The smallest absolute Gasteiger partial charge is 0.409 e. The maximum atomic E-state index is 12.5. The molecule has 0 aromatic carbocycles. The summed E-state index contributed by atoms with van der Waals surface area (Å²) in [5.74, 6) is 0.435. The first-order valence-corrected chi connectivity index (χ1v) is 11.6. The van der Waals surface area contributed by atoms with Crippen LogP contribution in [0, 0.1) is 0 Å². The van der Waals surface area contributed by atoms with E-state index in [1.807, 2.05) is 22.9 Å². The van der Waals surface area contributed by atoms with Crippen LogP contribution in [-0.2, 0) is 16.0 Å². The highest BCUT2D eigenvalue weighted by molar-refractivity contribution is 8.01. The van der Waals surface area contributed by atoms with Crippen molar-refractivity contribution in [3.63, 3.8) is 0 Å². The molecule has 3 rings (SSSR count). The van der Waals surface area contributed by atoms with Crippen molar-refractivity contribution in [2.75, 3.05) is 38.5 Å². The fourth-order valence-electron chi connectivity index (χ4n) is 2.69. The molecule has 0 saturated carbocycles. The lowest BCUT2D eigenvalue weighted by molar-refractivity contribution is -0.132. The normalized spacial score (nSPS) is 14.2. The van der Waals surface area contributed by atoms with Gasteiger partial charge in [-0.3, -0.25) is 9.59 Å². The fourth-order valence-corrected chi connectivity index (χ4v) is 5.18. The van der Waals surface area contributed by atoms with E-state index in [2.05, 4.69) is 4.98 Å². The predicted octanol–water partition coefficient (Wildman–Crippen LogP) is 3.02. The largest absolute Gasteiger partial charge is 0.450 e. The van der Waals surface area contributed by atoms with Crippen molar-refractivity contribution in [3.8, 4) is 0 Å². The summed E-state index contributed by atoms with van der Waals surface area (Å²) in [5.41, 5.74) is 0.717. The molecule has 0 N–H and O–H groups in total. The molecule has 0 spiro atoms. The Morgan fingerprint density at radius 1 is 1.18 bits per heavy atom. The number of hydrogen-bond acceptors (Lipinski definition) is 8. The molecule has 0 unspecified atom stereocenters. The Labute approximate surface area is 175 Å². The quantitative estimate of drug-likeness (QED) is 0.487. The third kappa shape index (κ3) is 5.55. The first-order chi connectivity index (χ1) is 13.6. The first kappa shape index (κ1) is 20.8. The molecular formula is C18H21N3O4S3. The second kappa shape index (κ2) is 10.0. The lowest BCUT2D eigenvalue weighted by atomic mass is 10.2. The second-order valence-electron chi connectivity index (χ2n) is 6.04. The maximum Gasteiger partial charge on any atom is 0.409 e. The zero-order valence-corrected chi connectivity index (χ0v) is 17.9. The van der Waals surface area contributed by atoms with Crippen LogP contribution >= 0.6 is 34.4 Å². The molecule has 0 atom stereocenters. The Bertz CT molecular complexity index is 814. The van der Waals surface area contributed by atoms with E-state index < -0.39 is 0 Å². The Kier molecular flexibility index (Phi) is 7.46. The average molecular weight is 440 g/mol. The van der Waals surface area contributed by atoms with Gasteiger partial charge in [0.25, 0.3) is 0 Å². The highest BCUT2D eigenvalue weighted by atomic mass is 32.2. The molecule has 2 aromatic heterocycles. The van der Waals surface area contributed by atoms with Crippen molar-refractivity contribution >= 4 is 52.2 Å². The summed E-state index contributed by atoms with van der Waals surface area (Å²) in [7, 11) is 0. The number of amides is 2. The number of carbonyl (C=O) groups is 3. The van der Waals surface area contributed by atoms with E-state index in [9.17, 15) is 14.4 Å². The van der Waals surface area contributed by atoms with Crippen molar-refractivity contribution in [2.45, 2.75) is 17.7 Å². The van der Waals surface area contributed by atoms with Crippen molar-refractivity contribution in [1.82, 2.24) is 14.8 Å². The second-order valence-corrected chi connectivity index (χ2v) is 9.07. The van der Waals surface area contributed by atoms with Crippen LogP contribution in [0.1, 0.15) is 22.3 Å². The third-order valence-corrected chi connectivity index (χ3v) is 7.12. The number of rotatable bonds is 7. The molecule has 1 fully saturated rings. The summed E-state index contributed by atoms with van der Waals surface area (Å²) in [6, 6.07) is 3.68. The van der Waals surface area contributed by atoms with E-state index in [-0.39, 0.29) is 24.2 Å². The van der Waals surface area contributed by atoms with E-state index in [4.69, 9.17) is 4.74 Å². The van der Waals surface area contributed by atoms with Gasteiger partial charge in [0, 0.05) is 31.6 Å². The van der Waals surface area contributed by atoms with Crippen LogP contribution in [0.4, 0.5) is 4.79 Å². The summed E-state index contributed by atoms with van der Waals surface area (Å²) in [6.45, 7) is 4.08. The van der Waals surface area contributed by atoms with Crippen molar-refractivity contribution < 1.29 is 19.1 Å². The van der Waals surface area contributed by atoms with Crippen molar-refractivity contribution in [3.05, 3.63) is 33.5 Å². The van der Waals surface area contributed by atoms with Gasteiger partial charge in [0.1, 0.15) is 0 Å². The zero-order valence-electron chi connectivity index (χ0n) is 15.5. The van der Waals surface area contributed by atoms with E-state index in [0.29, 0.717) is 44.2 Å². The molecule has 7 nitrogen and oxygen atoms in total. The SMILES string of the molecule is CCOC(=O)N1CCN(C(=O)Cc2csc(SCC(=O)c3cccs3)n2)CC1. The molecule has 1 aliphatic heterocycles. The average Bonchev–Trinajstić information content (AvgIpc) is 3.38. The summed E-state index contributed by atoms with van der Waals surface area (Å²) >= 11 is 4.29. The van der Waals surface area contributed by atoms with Gasteiger partial charge < -0.3 is 14.5 Å². The van der Waals surface area contributed by atoms with Crippen LogP contribution in [0.5, 0.6) is 0 Å². The van der Waals surface area contributed by atoms with Crippen LogP contribution < -0.4 is 0 Å². The van der Waals surface area contributed by atoms with Gasteiger partial charge in [-0.25, -0.2) is 9.78 Å². The minimum atomic E-state index is -0.326. The number of nitrogens with zero attached hydrogens (tertiary/aromatic N) is 3.